The summed E-state index contributed by atoms with van der Waals surface area (Å²) in [6.45, 7) is 12.6. The lowest BCUT2D eigenvalue weighted by Gasteiger charge is -2.25. The van der Waals surface area contributed by atoms with Crippen LogP contribution in [-0.4, -0.2) is 24.0 Å². The Morgan fingerprint density at radius 1 is 1.27 bits per heavy atom. The predicted octanol–water partition coefficient (Wildman–Crippen LogP) is 2.71. The predicted molar refractivity (Wildman–Crippen MR) is 54.4 cm³/mol. The SMILES string of the molecule is C=CC(CC)N(CC)CC.Cl. The minimum Gasteiger partial charge on any atom is -0.298 e. The molecule has 11 heavy (non-hydrogen) atoms. The van der Waals surface area contributed by atoms with Gasteiger partial charge in [-0.2, -0.15) is 0 Å². The Labute approximate surface area is 76.9 Å². The van der Waals surface area contributed by atoms with Gasteiger partial charge in [-0.3, -0.25) is 4.90 Å². The van der Waals surface area contributed by atoms with E-state index in [0.29, 0.717) is 6.04 Å². The molecule has 1 unspecified atom stereocenters. The van der Waals surface area contributed by atoms with Gasteiger partial charge < -0.3 is 0 Å². The van der Waals surface area contributed by atoms with Crippen molar-refractivity contribution in [1.29, 1.82) is 0 Å². The molecule has 0 aromatic heterocycles. The largest absolute Gasteiger partial charge is 0.298 e. The van der Waals surface area contributed by atoms with Crippen molar-refractivity contribution in [3.63, 3.8) is 0 Å². The molecule has 1 nitrogen and oxygen atoms in total. The van der Waals surface area contributed by atoms with E-state index < -0.39 is 0 Å². The molecule has 0 N–H and O–H groups in total. The zero-order valence-electron chi connectivity index (χ0n) is 7.84. The second-order valence-electron chi connectivity index (χ2n) is 2.43. The van der Waals surface area contributed by atoms with E-state index in [2.05, 4.69) is 32.3 Å². The Kier molecular flexibility index (Phi) is 9.98. The second kappa shape index (κ2) is 8.09. The summed E-state index contributed by atoms with van der Waals surface area (Å²) in [6, 6.07) is 0.579. The Hall–Kier alpha value is -0.0100. The quantitative estimate of drug-likeness (QED) is 0.584. The molecular formula is C9H20ClN. The average molecular weight is 178 g/mol. The first kappa shape index (κ1) is 13.6. The zero-order valence-corrected chi connectivity index (χ0v) is 8.66. The van der Waals surface area contributed by atoms with Gasteiger partial charge in [0.05, 0.1) is 0 Å². The van der Waals surface area contributed by atoms with E-state index in [0.717, 1.165) is 13.1 Å². The van der Waals surface area contributed by atoms with E-state index in [1.165, 1.54) is 6.42 Å². The Morgan fingerprint density at radius 3 is 1.82 bits per heavy atom. The summed E-state index contributed by atoms with van der Waals surface area (Å²) < 4.78 is 0. The van der Waals surface area contributed by atoms with Crippen molar-refractivity contribution in [2.24, 2.45) is 0 Å². The summed E-state index contributed by atoms with van der Waals surface area (Å²) in [5, 5.41) is 0. The first-order chi connectivity index (χ1) is 4.79. The van der Waals surface area contributed by atoms with Crippen LogP contribution in [0.5, 0.6) is 0 Å². The molecule has 0 heterocycles. The summed E-state index contributed by atoms with van der Waals surface area (Å²) >= 11 is 0. The third-order valence-corrected chi connectivity index (χ3v) is 1.97. The van der Waals surface area contributed by atoms with Crippen LogP contribution in [0.2, 0.25) is 0 Å². The highest BCUT2D eigenvalue weighted by Crippen LogP contribution is 2.03. The van der Waals surface area contributed by atoms with Gasteiger partial charge in [0.25, 0.3) is 0 Å². The van der Waals surface area contributed by atoms with Crippen LogP contribution in [0.4, 0.5) is 0 Å². The van der Waals surface area contributed by atoms with Crippen LogP contribution >= 0.6 is 12.4 Å². The third-order valence-electron chi connectivity index (χ3n) is 1.97. The fourth-order valence-electron chi connectivity index (χ4n) is 1.27. The van der Waals surface area contributed by atoms with E-state index in [1.807, 2.05) is 6.08 Å². The van der Waals surface area contributed by atoms with Crippen molar-refractivity contribution in [2.45, 2.75) is 33.2 Å². The number of hydrogen-bond acceptors (Lipinski definition) is 1. The van der Waals surface area contributed by atoms with Crippen molar-refractivity contribution < 1.29 is 0 Å². The summed E-state index contributed by atoms with van der Waals surface area (Å²) in [5.41, 5.74) is 0. The minimum atomic E-state index is 0. The van der Waals surface area contributed by atoms with E-state index in [-0.39, 0.29) is 12.4 Å². The molecule has 0 aromatic rings. The van der Waals surface area contributed by atoms with Gasteiger partial charge in [-0.1, -0.05) is 26.8 Å². The number of nitrogens with zero attached hydrogens (tertiary/aromatic N) is 1. The van der Waals surface area contributed by atoms with Crippen molar-refractivity contribution in [2.75, 3.05) is 13.1 Å². The van der Waals surface area contributed by atoms with Crippen LogP contribution < -0.4 is 0 Å². The standard InChI is InChI=1S/C9H19N.ClH/c1-5-9(6-2)10(7-3)8-4;/h5,9H,1,6-8H2,2-4H3;1H. The van der Waals surface area contributed by atoms with Crippen molar-refractivity contribution in [1.82, 2.24) is 4.90 Å². The average Bonchev–Trinajstić information content (AvgIpc) is 2.00. The van der Waals surface area contributed by atoms with Crippen molar-refractivity contribution in [3.8, 4) is 0 Å². The maximum atomic E-state index is 3.81. The molecular weight excluding hydrogens is 158 g/mol. The van der Waals surface area contributed by atoms with Crippen molar-refractivity contribution >= 4 is 12.4 Å². The van der Waals surface area contributed by atoms with E-state index in [9.17, 15) is 0 Å². The van der Waals surface area contributed by atoms with Crippen LogP contribution in [0, 0.1) is 0 Å². The van der Waals surface area contributed by atoms with E-state index in [1.54, 1.807) is 0 Å². The van der Waals surface area contributed by atoms with E-state index >= 15 is 0 Å². The highest BCUT2D eigenvalue weighted by Gasteiger charge is 2.07. The fourth-order valence-corrected chi connectivity index (χ4v) is 1.27. The number of likely N-dealkylation sites (N-methyl/N-ethyl adjacent to an activating group) is 1. The lowest BCUT2D eigenvalue weighted by atomic mass is 10.2. The number of hydrogen-bond donors (Lipinski definition) is 0. The van der Waals surface area contributed by atoms with Gasteiger partial charge in [0.15, 0.2) is 0 Å². The molecule has 2 heteroatoms. The molecule has 0 bridgehead atoms. The summed E-state index contributed by atoms with van der Waals surface area (Å²) in [6.07, 6.45) is 3.21. The molecule has 68 valence electrons. The summed E-state index contributed by atoms with van der Waals surface area (Å²) in [5.74, 6) is 0. The normalized spacial score (nSPS) is 12.4. The molecule has 1 atom stereocenters. The molecule has 0 spiro atoms. The lowest BCUT2D eigenvalue weighted by molar-refractivity contribution is 0.249. The molecule has 0 aliphatic rings. The maximum absolute atomic E-state index is 3.81. The molecule has 0 aliphatic carbocycles. The van der Waals surface area contributed by atoms with Gasteiger partial charge in [0.2, 0.25) is 0 Å². The highest BCUT2D eigenvalue weighted by molar-refractivity contribution is 5.85. The van der Waals surface area contributed by atoms with Gasteiger partial charge in [-0.05, 0) is 19.5 Å². The first-order valence-electron chi connectivity index (χ1n) is 4.16. The molecule has 0 fully saturated rings. The van der Waals surface area contributed by atoms with Gasteiger partial charge in [0, 0.05) is 6.04 Å². The lowest BCUT2D eigenvalue weighted by Crippen LogP contribution is -2.32. The zero-order chi connectivity index (χ0) is 7.98. The summed E-state index contributed by atoms with van der Waals surface area (Å²) in [7, 11) is 0. The summed E-state index contributed by atoms with van der Waals surface area (Å²) in [4.78, 5) is 2.41. The third kappa shape index (κ3) is 4.44. The van der Waals surface area contributed by atoms with E-state index in [4.69, 9.17) is 0 Å². The molecule has 0 rings (SSSR count). The van der Waals surface area contributed by atoms with Gasteiger partial charge in [-0.15, -0.1) is 19.0 Å². The Bertz CT molecular complexity index is 89.6. The minimum absolute atomic E-state index is 0. The Balaban J connectivity index is 0. The molecule has 0 aliphatic heterocycles. The monoisotopic (exact) mass is 177 g/mol. The van der Waals surface area contributed by atoms with Gasteiger partial charge in [0.1, 0.15) is 0 Å². The second-order valence-corrected chi connectivity index (χ2v) is 2.43. The molecule has 0 amide bonds. The molecule has 0 radical (unpaired) electrons. The molecule has 0 saturated carbocycles. The maximum Gasteiger partial charge on any atom is 0.0272 e. The van der Waals surface area contributed by atoms with Crippen LogP contribution in [0.25, 0.3) is 0 Å². The molecule has 0 aromatic carbocycles. The van der Waals surface area contributed by atoms with Crippen LogP contribution in [0.3, 0.4) is 0 Å². The van der Waals surface area contributed by atoms with Gasteiger partial charge >= 0.3 is 0 Å². The van der Waals surface area contributed by atoms with Crippen LogP contribution in [0.15, 0.2) is 12.7 Å². The topological polar surface area (TPSA) is 3.24 Å². The van der Waals surface area contributed by atoms with Crippen LogP contribution in [-0.2, 0) is 0 Å². The van der Waals surface area contributed by atoms with Gasteiger partial charge in [-0.25, -0.2) is 0 Å². The smallest absolute Gasteiger partial charge is 0.0272 e. The fraction of sp³-hybridized carbons (Fsp3) is 0.778. The molecule has 0 saturated heterocycles. The van der Waals surface area contributed by atoms with Crippen LogP contribution in [0.1, 0.15) is 27.2 Å². The Morgan fingerprint density at radius 2 is 1.73 bits per heavy atom. The highest BCUT2D eigenvalue weighted by atomic mass is 35.5. The van der Waals surface area contributed by atoms with Crippen molar-refractivity contribution in [3.05, 3.63) is 12.7 Å². The number of halogens is 1. The number of rotatable bonds is 5. The first-order valence-corrected chi connectivity index (χ1v) is 4.16.